The number of benzene rings is 1. The Hall–Kier alpha value is -1.13. The van der Waals surface area contributed by atoms with E-state index in [1.54, 1.807) is 19.2 Å². The smallest absolute Gasteiger partial charge is 0.129 e. The van der Waals surface area contributed by atoms with Crippen molar-refractivity contribution in [3.63, 3.8) is 0 Å². The highest BCUT2D eigenvalue weighted by Gasteiger charge is 2.28. The molecular formula is C12H17FN2O. The summed E-state index contributed by atoms with van der Waals surface area (Å²) in [6.45, 7) is 0.549. The van der Waals surface area contributed by atoms with Gasteiger partial charge in [-0.05, 0) is 25.0 Å². The molecule has 1 aliphatic carbocycles. The van der Waals surface area contributed by atoms with Gasteiger partial charge in [-0.2, -0.15) is 0 Å². The fourth-order valence-corrected chi connectivity index (χ4v) is 1.89. The molecule has 0 spiro atoms. The summed E-state index contributed by atoms with van der Waals surface area (Å²) in [5, 5.41) is 3.30. The molecule has 3 N–H and O–H groups in total. The second-order valence-corrected chi connectivity index (χ2v) is 4.26. The van der Waals surface area contributed by atoms with Gasteiger partial charge < -0.3 is 15.8 Å². The lowest BCUT2D eigenvalue weighted by Crippen LogP contribution is -2.44. The molecule has 88 valence electrons. The first-order valence-electron chi connectivity index (χ1n) is 5.49. The Kier molecular flexibility index (Phi) is 3.41. The van der Waals surface area contributed by atoms with Crippen LogP contribution in [0.2, 0.25) is 0 Å². The van der Waals surface area contributed by atoms with Crippen LogP contribution in [0.25, 0.3) is 0 Å². The summed E-state index contributed by atoms with van der Waals surface area (Å²) in [6.07, 6.45) is 2.38. The molecule has 16 heavy (non-hydrogen) atoms. The maximum absolute atomic E-state index is 13.4. The minimum atomic E-state index is -0.241. The molecule has 0 aliphatic heterocycles. The van der Waals surface area contributed by atoms with Crippen molar-refractivity contribution in [1.82, 2.24) is 5.32 Å². The zero-order chi connectivity index (χ0) is 11.5. The van der Waals surface area contributed by atoms with Gasteiger partial charge in [0.05, 0.1) is 6.10 Å². The second-order valence-electron chi connectivity index (χ2n) is 4.26. The summed E-state index contributed by atoms with van der Waals surface area (Å²) in [7, 11) is 1.72. The van der Waals surface area contributed by atoms with E-state index in [0.717, 1.165) is 12.8 Å². The Morgan fingerprint density at radius 2 is 2.25 bits per heavy atom. The van der Waals surface area contributed by atoms with Crippen LogP contribution < -0.4 is 11.1 Å². The zero-order valence-corrected chi connectivity index (χ0v) is 9.37. The molecule has 4 heteroatoms. The minimum absolute atomic E-state index is 0.241. The normalized spacial score (nSPS) is 24.1. The van der Waals surface area contributed by atoms with Gasteiger partial charge in [-0.3, -0.25) is 0 Å². The quantitative estimate of drug-likeness (QED) is 0.765. The van der Waals surface area contributed by atoms with Gasteiger partial charge in [-0.1, -0.05) is 6.07 Å². The number of methoxy groups -OCH3 is 1. The van der Waals surface area contributed by atoms with E-state index in [1.165, 1.54) is 6.07 Å². The minimum Gasteiger partial charge on any atom is -0.399 e. The largest absolute Gasteiger partial charge is 0.399 e. The molecule has 0 bridgehead atoms. The van der Waals surface area contributed by atoms with Gasteiger partial charge >= 0.3 is 0 Å². The molecule has 0 radical (unpaired) electrons. The molecule has 0 amide bonds. The molecule has 0 saturated heterocycles. The molecule has 1 saturated carbocycles. The molecule has 2 rings (SSSR count). The summed E-state index contributed by atoms with van der Waals surface area (Å²) < 4.78 is 18.6. The van der Waals surface area contributed by atoms with E-state index < -0.39 is 0 Å². The zero-order valence-electron chi connectivity index (χ0n) is 9.37. The van der Waals surface area contributed by atoms with Crippen LogP contribution in [0.5, 0.6) is 0 Å². The van der Waals surface area contributed by atoms with Crippen LogP contribution in [0.3, 0.4) is 0 Å². The first-order chi connectivity index (χ1) is 7.69. The molecule has 1 fully saturated rings. The highest BCUT2D eigenvalue weighted by molar-refractivity contribution is 5.40. The van der Waals surface area contributed by atoms with Gasteiger partial charge in [0.2, 0.25) is 0 Å². The van der Waals surface area contributed by atoms with Crippen LogP contribution >= 0.6 is 0 Å². The van der Waals surface area contributed by atoms with E-state index in [2.05, 4.69) is 5.32 Å². The van der Waals surface area contributed by atoms with E-state index >= 15 is 0 Å². The molecule has 3 nitrogen and oxygen atoms in total. The number of halogens is 1. The second kappa shape index (κ2) is 4.80. The molecule has 0 unspecified atom stereocenters. The topological polar surface area (TPSA) is 47.3 Å². The Morgan fingerprint density at radius 1 is 1.50 bits per heavy atom. The van der Waals surface area contributed by atoms with Gasteiger partial charge in [0.1, 0.15) is 5.82 Å². The van der Waals surface area contributed by atoms with Crippen LogP contribution in [0.4, 0.5) is 10.1 Å². The molecule has 0 atom stereocenters. The van der Waals surface area contributed by atoms with Crippen molar-refractivity contribution in [3.8, 4) is 0 Å². The highest BCUT2D eigenvalue weighted by atomic mass is 19.1. The standard InChI is InChI=1S/C12H17FN2O/c1-16-11-5-10(6-11)15-7-8-2-3-9(14)4-12(8)13/h2-4,10-11,15H,5-7,14H2,1H3. The number of anilines is 1. The van der Waals surface area contributed by atoms with Crippen molar-refractivity contribution >= 4 is 5.69 Å². The third kappa shape index (κ3) is 2.51. The summed E-state index contributed by atoms with van der Waals surface area (Å²) in [5.74, 6) is -0.241. The first kappa shape index (κ1) is 11.4. The van der Waals surface area contributed by atoms with Crippen molar-refractivity contribution in [1.29, 1.82) is 0 Å². The van der Waals surface area contributed by atoms with Gasteiger partial charge in [0, 0.05) is 30.9 Å². The molecule has 0 aromatic heterocycles. The number of rotatable bonds is 4. The predicted molar refractivity (Wildman–Crippen MR) is 61.5 cm³/mol. The summed E-state index contributed by atoms with van der Waals surface area (Å²) >= 11 is 0. The van der Waals surface area contributed by atoms with Crippen molar-refractivity contribution in [2.75, 3.05) is 12.8 Å². The van der Waals surface area contributed by atoms with Gasteiger partial charge in [0.25, 0.3) is 0 Å². The molecule has 1 aromatic carbocycles. The maximum Gasteiger partial charge on any atom is 0.129 e. The number of hydrogen-bond acceptors (Lipinski definition) is 3. The van der Waals surface area contributed by atoms with Crippen molar-refractivity contribution in [2.45, 2.75) is 31.5 Å². The van der Waals surface area contributed by atoms with Crippen LogP contribution in [0.1, 0.15) is 18.4 Å². The molecule has 0 heterocycles. The van der Waals surface area contributed by atoms with Crippen LogP contribution in [-0.2, 0) is 11.3 Å². The molecular weight excluding hydrogens is 207 g/mol. The lowest BCUT2D eigenvalue weighted by molar-refractivity contribution is 0.0169. The van der Waals surface area contributed by atoms with Gasteiger partial charge in [-0.25, -0.2) is 4.39 Å². The number of nitrogen functional groups attached to an aromatic ring is 1. The summed E-state index contributed by atoms with van der Waals surface area (Å²) in [5.41, 5.74) is 6.60. The van der Waals surface area contributed by atoms with Crippen molar-refractivity contribution in [2.24, 2.45) is 0 Å². The Morgan fingerprint density at radius 3 is 2.88 bits per heavy atom. The van der Waals surface area contributed by atoms with Gasteiger partial charge in [0.15, 0.2) is 0 Å². The molecule has 1 aromatic rings. The van der Waals surface area contributed by atoms with Crippen molar-refractivity contribution < 1.29 is 9.13 Å². The summed E-state index contributed by atoms with van der Waals surface area (Å²) in [4.78, 5) is 0. The van der Waals surface area contributed by atoms with E-state index in [9.17, 15) is 4.39 Å². The number of hydrogen-bond donors (Lipinski definition) is 2. The lowest BCUT2D eigenvalue weighted by atomic mass is 9.89. The monoisotopic (exact) mass is 224 g/mol. The Balaban J connectivity index is 1.82. The van der Waals surface area contributed by atoms with E-state index in [-0.39, 0.29) is 5.82 Å². The number of ether oxygens (including phenoxy) is 1. The van der Waals surface area contributed by atoms with Crippen molar-refractivity contribution in [3.05, 3.63) is 29.6 Å². The average molecular weight is 224 g/mol. The first-order valence-corrected chi connectivity index (χ1v) is 5.49. The van der Waals surface area contributed by atoms with Crippen LogP contribution in [0, 0.1) is 5.82 Å². The predicted octanol–water partition coefficient (Wildman–Crippen LogP) is 1.67. The highest BCUT2D eigenvalue weighted by Crippen LogP contribution is 2.23. The number of nitrogens with two attached hydrogens (primary N) is 1. The Labute approximate surface area is 94.8 Å². The van der Waals surface area contributed by atoms with E-state index in [4.69, 9.17) is 10.5 Å². The van der Waals surface area contributed by atoms with E-state index in [0.29, 0.717) is 29.9 Å². The number of nitrogens with one attached hydrogen (secondary N) is 1. The SMILES string of the molecule is COC1CC(NCc2ccc(N)cc2F)C1. The maximum atomic E-state index is 13.4. The third-order valence-corrected chi connectivity index (χ3v) is 3.09. The van der Waals surface area contributed by atoms with Gasteiger partial charge in [-0.15, -0.1) is 0 Å². The van der Waals surface area contributed by atoms with Crippen LogP contribution in [0.15, 0.2) is 18.2 Å². The lowest BCUT2D eigenvalue weighted by Gasteiger charge is -2.34. The third-order valence-electron chi connectivity index (χ3n) is 3.09. The van der Waals surface area contributed by atoms with E-state index in [1.807, 2.05) is 0 Å². The summed E-state index contributed by atoms with van der Waals surface area (Å²) in [6, 6.07) is 5.25. The molecule has 1 aliphatic rings. The van der Waals surface area contributed by atoms with Crippen LogP contribution in [-0.4, -0.2) is 19.3 Å². The Bertz CT molecular complexity index is 364. The fraction of sp³-hybridized carbons (Fsp3) is 0.500. The fourth-order valence-electron chi connectivity index (χ4n) is 1.89. The average Bonchev–Trinajstić information content (AvgIpc) is 2.18.